The number of rotatable bonds is 1. The van der Waals surface area contributed by atoms with Crippen LogP contribution in [0.2, 0.25) is 0 Å². The van der Waals surface area contributed by atoms with Gasteiger partial charge in [-0.05, 0) is 23.8 Å². The average Bonchev–Trinajstić information content (AvgIpc) is 2.85. The van der Waals surface area contributed by atoms with Crippen LogP contribution in [0.5, 0.6) is 11.5 Å². The molecule has 0 radical (unpaired) electrons. The lowest BCUT2D eigenvalue weighted by molar-refractivity contribution is 0.0701. The molecule has 1 atom stereocenters. The molecule has 7 nitrogen and oxygen atoms in total. The Hall–Kier alpha value is -4.14. The average molecular weight is 467 g/mol. The van der Waals surface area contributed by atoms with Gasteiger partial charge in [0.25, 0.3) is 5.91 Å². The molecule has 1 aromatic heterocycles. The fourth-order valence-corrected chi connectivity index (χ4v) is 4.19. The molecule has 3 aromatic rings. The standard InChI is InChI=1S/C24H19F2N3O4.CH4/c25-17-9-8-16-20(15-6-2-1-3-7-15)29-14-27(11-4-5-13-33-23(16)19(17)26)24(32)21-22(31)18(30)10-12-28(21)29;/h1-10,12,20,31H,11,13-14H2;1H4/b5-4-;/t20-;/m0./s1. The van der Waals surface area contributed by atoms with Crippen LogP contribution in [-0.4, -0.2) is 40.4 Å². The van der Waals surface area contributed by atoms with Crippen LogP contribution in [0.15, 0.2) is 71.7 Å². The van der Waals surface area contributed by atoms with Gasteiger partial charge in [-0.3, -0.25) is 19.3 Å². The van der Waals surface area contributed by atoms with Gasteiger partial charge in [0, 0.05) is 24.4 Å². The summed E-state index contributed by atoms with van der Waals surface area (Å²) in [5.74, 6) is -3.61. The molecule has 9 heteroatoms. The summed E-state index contributed by atoms with van der Waals surface area (Å²) in [6, 6.07) is 11.9. The van der Waals surface area contributed by atoms with Crippen molar-refractivity contribution in [3.05, 3.63) is 106 Å². The number of nitrogens with zero attached hydrogens (tertiary/aromatic N) is 3. The number of amides is 1. The Morgan fingerprint density at radius 3 is 2.53 bits per heavy atom. The van der Waals surface area contributed by atoms with Crippen LogP contribution in [0, 0.1) is 11.6 Å². The van der Waals surface area contributed by atoms with Crippen LogP contribution >= 0.6 is 0 Å². The summed E-state index contributed by atoms with van der Waals surface area (Å²) in [4.78, 5) is 26.7. The van der Waals surface area contributed by atoms with Gasteiger partial charge in [-0.15, -0.1) is 0 Å². The Balaban J connectivity index is 0.00000274. The maximum absolute atomic E-state index is 14.9. The zero-order chi connectivity index (χ0) is 23.1. The molecule has 176 valence electrons. The van der Waals surface area contributed by atoms with Gasteiger partial charge < -0.3 is 14.7 Å². The van der Waals surface area contributed by atoms with Crippen LogP contribution in [0.1, 0.15) is 35.1 Å². The van der Waals surface area contributed by atoms with Gasteiger partial charge in [-0.1, -0.05) is 43.8 Å². The molecule has 2 aliphatic rings. The van der Waals surface area contributed by atoms with Crippen molar-refractivity contribution in [2.45, 2.75) is 13.5 Å². The number of benzene rings is 2. The van der Waals surface area contributed by atoms with Gasteiger partial charge in [0.15, 0.2) is 23.0 Å². The number of pyridine rings is 1. The van der Waals surface area contributed by atoms with E-state index < -0.39 is 34.8 Å². The fourth-order valence-electron chi connectivity index (χ4n) is 4.19. The lowest BCUT2D eigenvalue weighted by atomic mass is 9.96. The first-order valence-electron chi connectivity index (χ1n) is 10.3. The smallest absolute Gasteiger partial charge is 0.278 e. The molecule has 34 heavy (non-hydrogen) atoms. The van der Waals surface area contributed by atoms with Crippen molar-refractivity contribution >= 4 is 5.91 Å². The highest BCUT2D eigenvalue weighted by molar-refractivity contribution is 5.96. The minimum absolute atomic E-state index is 0. The van der Waals surface area contributed by atoms with E-state index >= 15 is 0 Å². The van der Waals surface area contributed by atoms with E-state index in [0.717, 1.165) is 12.1 Å². The van der Waals surface area contributed by atoms with Crippen LogP contribution in [0.25, 0.3) is 0 Å². The Morgan fingerprint density at radius 1 is 1.00 bits per heavy atom. The van der Waals surface area contributed by atoms with Gasteiger partial charge in [-0.25, -0.2) is 4.39 Å². The number of hydrogen-bond acceptors (Lipinski definition) is 5. The van der Waals surface area contributed by atoms with Gasteiger partial charge >= 0.3 is 0 Å². The van der Waals surface area contributed by atoms with E-state index in [-0.39, 0.29) is 38.7 Å². The highest BCUT2D eigenvalue weighted by atomic mass is 19.2. The summed E-state index contributed by atoms with van der Waals surface area (Å²) in [5.41, 5.74) is 0.143. The van der Waals surface area contributed by atoms with Crippen molar-refractivity contribution in [2.75, 3.05) is 24.8 Å². The predicted octanol–water partition coefficient (Wildman–Crippen LogP) is 3.56. The predicted molar refractivity (Wildman–Crippen MR) is 122 cm³/mol. The third kappa shape index (κ3) is 3.68. The van der Waals surface area contributed by atoms with Crippen LogP contribution in [-0.2, 0) is 0 Å². The normalized spacial score (nSPS) is 18.1. The number of aromatic nitrogens is 1. The summed E-state index contributed by atoms with van der Waals surface area (Å²) in [6.07, 6.45) is 4.64. The zero-order valence-corrected chi connectivity index (χ0v) is 17.3. The summed E-state index contributed by atoms with van der Waals surface area (Å²) >= 11 is 0. The number of carbonyl (C=O) groups is 1. The molecule has 2 aromatic carbocycles. The molecule has 0 unspecified atom stereocenters. The maximum Gasteiger partial charge on any atom is 0.278 e. The van der Waals surface area contributed by atoms with E-state index in [1.807, 2.05) is 18.2 Å². The number of halogens is 2. The molecular formula is C25H23F2N3O4. The SMILES string of the molecule is C.O=C1c2c(O)c(=O)ccn2N2CN1C/C=C\COc1c(ccc(F)c1F)[C@@H]2c1ccccc1. The Kier molecular flexibility index (Phi) is 6.10. The molecule has 0 spiro atoms. The first-order valence-corrected chi connectivity index (χ1v) is 10.3. The minimum Gasteiger partial charge on any atom is -0.502 e. The first-order chi connectivity index (χ1) is 16.0. The van der Waals surface area contributed by atoms with Crippen molar-refractivity contribution in [2.24, 2.45) is 0 Å². The van der Waals surface area contributed by atoms with Gasteiger partial charge in [0.05, 0.1) is 0 Å². The molecule has 1 N–H and O–H groups in total. The molecule has 0 aliphatic carbocycles. The number of carbonyl (C=O) groups excluding carboxylic acids is 1. The van der Waals surface area contributed by atoms with Gasteiger partial charge in [-0.2, -0.15) is 4.39 Å². The highest BCUT2D eigenvalue weighted by Gasteiger charge is 2.38. The van der Waals surface area contributed by atoms with E-state index in [2.05, 4.69) is 0 Å². The molecule has 0 saturated heterocycles. The second-order valence-electron chi connectivity index (χ2n) is 7.71. The maximum atomic E-state index is 14.9. The molecule has 3 heterocycles. The van der Waals surface area contributed by atoms with Gasteiger partial charge in [0.2, 0.25) is 11.2 Å². The van der Waals surface area contributed by atoms with E-state index in [4.69, 9.17) is 4.74 Å². The second-order valence-corrected chi connectivity index (χ2v) is 7.71. The van der Waals surface area contributed by atoms with Crippen molar-refractivity contribution in [1.29, 1.82) is 0 Å². The quantitative estimate of drug-likeness (QED) is 0.554. The van der Waals surface area contributed by atoms with Crippen molar-refractivity contribution in [3.63, 3.8) is 0 Å². The van der Waals surface area contributed by atoms with E-state index in [0.29, 0.717) is 11.1 Å². The summed E-state index contributed by atoms with van der Waals surface area (Å²) in [6.45, 7) is 0.180. The van der Waals surface area contributed by atoms with Gasteiger partial charge in [0.1, 0.15) is 19.3 Å². The van der Waals surface area contributed by atoms with E-state index in [1.165, 1.54) is 21.8 Å². The molecule has 2 aliphatic heterocycles. The van der Waals surface area contributed by atoms with Crippen molar-refractivity contribution in [1.82, 2.24) is 9.58 Å². The Bertz CT molecular complexity index is 1320. The summed E-state index contributed by atoms with van der Waals surface area (Å²) in [5, 5.41) is 12.2. The largest absolute Gasteiger partial charge is 0.502 e. The summed E-state index contributed by atoms with van der Waals surface area (Å²) in [7, 11) is 0. The third-order valence-electron chi connectivity index (χ3n) is 5.74. The van der Waals surface area contributed by atoms with Crippen LogP contribution < -0.4 is 15.2 Å². The molecule has 0 fully saturated rings. The Morgan fingerprint density at radius 2 is 1.76 bits per heavy atom. The van der Waals surface area contributed by atoms with Crippen molar-refractivity contribution in [3.8, 4) is 11.5 Å². The molecule has 5 rings (SSSR count). The lowest BCUT2D eigenvalue weighted by Crippen LogP contribution is -2.55. The van der Waals surface area contributed by atoms with E-state index in [1.54, 1.807) is 29.3 Å². The third-order valence-corrected chi connectivity index (χ3v) is 5.74. The first kappa shape index (κ1) is 23.0. The number of fused-ring (bicyclic) bond motifs is 5. The van der Waals surface area contributed by atoms with Crippen LogP contribution in [0.3, 0.4) is 0 Å². The minimum atomic E-state index is -1.12. The Labute approximate surface area is 194 Å². The molecule has 0 saturated carbocycles. The highest BCUT2D eigenvalue weighted by Crippen LogP contribution is 2.38. The lowest BCUT2D eigenvalue weighted by Gasteiger charge is -2.43. The zero-order valence-electron chi connectivity index (χ0n) is 17.3. The topological polar surface area (TPSA) is 75.0 Å². The fraction of sp³-hybridized carbons (Fsp3) is 0.200. The van der Waals surface area contributed by atoms with Crippen LogP contribution in [0.4, 0.5) is 8.78 Å². The molecule has 2 bridgehead atoms. The molecule has 1 amide bonds. The monoisotopic (exact) mass is 467 g/mol. The number of hydrogen-bond donors (Lipinski definition) is 1. The second kappa shape index (κ2) is 9.01. The number of ether oxygens (including phenoxy) is 1. The van der Waals surface area contributed by atoms with E-state index in [9.17, 15) is 23.5 Å². The van der Waals surface area contributed by atoms with Crippen molar-refractivity contribution < 1.29 is 23.4 Å². The molecular weight excluding hydrogens is 444 g/mol. The summed E-state index contributed by atoms with van der Waals surface area (Å²) < 4.78 is 36.1. The number of aromatic hydroxyl groups is 1.